The van der Waals surface area contributed by atoms with Crippen LogP contribution in [0.4, 0.5) is 0 Å². The summed E-state index contributed by atoms with van der Waals surface area (Å²) in [5.41, 5.74) is 0.0119. The van der Waals surface area contributed by atoms with Crippen molar-refractivity contribution in [3.05, 3.63) is 0 Å². The Bertz CT molecular complexity index is 197. The number of rotatable bonds is 11. The third-order valence-electron chi connectivity index (χ3n) is 4.46. The maximum atomic E-state index is 5.98. The first-order valence-electron chi connectivity index (χ1n) is 7.83. The Morgan fingerprint density at radius 1 is 0.833 bits per heavy atom. The molecule has 0 aromatic rings. The average Bonchev–Trinajstić information content (AvgIpc) is 2.39. The van der Waals surface area contributed by atoms with Crippen molar-refractivity contribution in [3.8, 4) is 0 Å². The Balaban J connectivity index is 4.84. The first kappa shape index (κ1) is 18.4. The van der Waals surface area contributed by atoms with Crippen molar-refractivity contribution in [2.75, 3.05) is 7.11 Å². The molecule has 0 aromatic carbocycles. The molecule has 0 saturated heterocycles. The van der Waals surface area contributed by atoms with Gasteiger partial charge in [0.1, 0.15) is 0 Å². The third-order valence-corrected chi connectivity index (χ3v) is 5.65. The zero-order chi connectivity index (χ0) is 14.1. The minimum absolute atomic E-state index is 0.0119. The molecule has 0 bridgehead atoms. The van der Waals surface area contributed by atoms with E-state index in [-0.39, 0.29) is 10.8 Å². The van der Waals surface area contributed by atoms with Gasteiger partial charge in [-0.2, -0.15) is 0 Å². The molecule has 0 amide bonds. The van der Waals surface area contributed by atoms with Gasteiger partial charge in [-0.1, -0.05) is 59.3 Å². The van der Waals surface area contributed by atoms with Gasteiger partial charge in [0.15, 0.2) is 0 Å². The van der Waals surface area contributed by atoms with E-state index in [1.54, 1.807) is 0 Å². The van der Waals surface area contributed by atoms with Crippen LogP contribution in [0.25, 0.3) is 0 Å². The van der Waals surface area contributed by atoms with Gasteiger partial charge in [0, 0.05) is 12.3 Å². The van der Waals surface area contributed by atoms with Crippen molar-refractivity contribution >= 4 is 9.24 Å². The van der Waals surface area contributed by atoms with Crippen LogP contribution >= 0.6 is 9.24 Å². The SMILES string of the molecule is CCCCC(P)(CCCC)C(C)(CCCC)OC. The lowest BCUT2D eigenvalue weighted by molar-refractivity contribution is -0.0425. The van der Waals surface area contributed by atoms with Crippen LogP contribution in [-0.2, 0) is 4.74 Å². The summed E-state index contributed by atoms with van der Waals surface area (Å²) < 4.78 is 5.98. The second kappa shape index (κ2) is 9.32. The molecular formula is C16H35OP. The van der Waals surface area contributed by atoms with Gasteiger partial charge in [0.2, 0.25) is 0 Å². The van der Waals surface area contributed by atoms with Gasteiger partial charge < -0.3 is 4.74 Å². The normalized spacial score (nSPS) is 15.7. The molecule has 0 rings (SSSR count). The van der Waals surface area contributed by atoms with E-state index >= 15 is 0 Å². The standard InChI is InChI=1S/C16H35OP/c1-6-9-12-15(4,17-5)16(18,13-10-7-2)14-11-8-3/h6-14,18H2,1-5H3. The number of ether oxygens (including phenoxy) is 1. The molecule has 110 valence electrons. The zero-order valence-electron chi connectivity index (χ0n) is 13.3. The summed E-state index contributed by atoms with van der Waals surface area (Å²) in [5.74, 6) is 0. The first-order chi connectivity index (χ1) is 8.49. The van der Waals surface area contributed by atoms with Crippen LogP contribution in [0.15, 0.2) is 0 Å². The molecule has 2 heteroatoms. The molecule has 1 nitrogen and oxygen atoms in total. The molecule has 0 aromatic heterocycles. The van der Waals surface area contributed by atoms with Gasteiger partial charge in [0.05, 0.1) is 5.60 Å². The molecule has 0 fully saturated rings. The molecule has 0 heterocycles. The summed E-state index contributed by atoms with van der Waals surface area (Å²) >= 11 is 0. The van der Waals surface area contributed by atoms with E-state index in [0.717, 1.165) is 0 Å². The summed E-state index contributed by atoms with van der Waals surface area (Å²) in [4.78, 5) is 0. The lowest BCUT2D eigenvalue weighted by Crippen LogP contribution is -2.49. The predicted molar refractivity (Wildman–Crippen MR) is 86.4 cm³/mol. The van der Waals surface area contributed by atoms with Crippen molar-refractivity contribution in [1.29, 1.82) is 0 Å². The monoisotopic (exact) mass is 274 g/mol. The van der Waals surface area contributed by atoms with Crippen molar-refractivity contribution in [3.63, 3.8) is 0 Å². The Morgan fingerprint density at radius 2 is 1.22 bits per heavy atom. The quantitative estimate of drug-likeness (QED) is 0.447. The van der Waals surface area contributed by atoms with Crippen LogP contribution in [0, 0.1) is 0 Å². The zero-order valence-corrected chi connectivity index (χ0v) is 14.5. The lowest BCUT2D eigenvalue weighted by Gasteiger charge is -2.46. The van der Waals surface area contributed by atoms with E-state index in [9.17, 15) is 0 Å². The highest BCUT2D eigenvalue weighted by Crippen LogP contribution is 2.45. The topological polar surface area (TPSA) is 9.23 Å². The highest BCUT2D eigenvalue weighted by molar-refractivity contribution is 7.19. The van der Waals surface area contributed by atoms with Gasteiger partial charge in [0.25, 0.3) is 0 Å². The van der Waals surface area contributed by atoms with Crippen LogP contribution in [0.2, 0.25) is 0 Å². The fourth-order valence-corrected chi connectivity index (χ4v) is 3.38. The number of unbranched alkanes of at least 4 members (excludes halogenated alkanes) is 3. The molecule has 0 aliphatic rings. The lowest BCUT2D eigenvalue weighted by atomic mass is 9.77. The molecule has 0 N–H and O–H groups in total. The van der Waals surface area contributed by atoms with E-state index in [1.165, 1.54) is 57.8 Å². The van der Waals surface area contributed by atoms with E-state index < -0.39 is 0 Å². The van der Waals surface area contributed by atoms with Gasteiger partial charge in [-0.15, -0.1) is 9.24 Å². The van der Waals surface area contributed by atoms with Crippen LogP contribution in [0.5, 0.6) is 0 Å². The molecule has 0 radical (unpaired) electrons. The molecule has 2 atom stereocenters. The molecular weight excluding hydrogens is 239 g/mol. The van der Waals surface area contributed by atoms with E-state index in [2.05, 4.69) is 36.9 Å². The molecule has 0 aliphatic heterocycles. The largest absolute Gasteiger partial charge is 0.378 e. The summed E-state index contributed by atoms with van der Waals surface area (Å²) in [6.07, 6.45) is 11.4. The fourth-order valence-electron chi connectivity index (χ4n) is 2.71. The van der Waals surface area contributed by atoms with Crippen molar-refractivity contribution < 1.29 is 4.74 Å². The number of methoxy groups -OCH3 is 1. The highest BCUT2D eigenvalue weighted by Gasteiger charge is 2.43. The van der Waals surface area contributed by atoms with Gasteiger partial charge >= 0.3 is 0 Å². The Kier molecular flexibility index (Phi) is 9.52. The van der Waals surface area contributed by atoms with Crippen molar-refractivity contribution in [1.82, 2.24) is 0 Å². The summed E-state index contributed by atoms with van der Waals surface area (Å²) in [6.45, 7) is 9.14. The highest BCUT2D eigenvalue weighted by atomic mass is 31.0. The van der Waals surface area contributed by atoms with E-state index in [1.807, 2.05) is 7.11 Å². The molecule has 18 heavy (non-hydrogen) atoms. The summed E-state index contributed by atoms with van der Waals surface area (Å²) in [5, 5.41) is 0.253. The predicted octanol–water partition coefficient (Wildman–Crippen LogP) is 5.58. The second-order valence-electron chi connectivity index (χ2n) is 5.90. The van der Waals surface area contributed by atoms with Crippen molar-refractivity contribution in [2.45, 2.75) is 96.2 Å². The van der Waals surface area contributed by atoms with Crippen LogP contribution in [0.3, 0.4) is 0 Å². The molecule has 0 spiro atoms. The van der Waals surface area contributed by atoms with Gasteiger partial charge in [-0.25, -0.2) is 0 Å². The molecule has 0 aliphatic carbocycles. The van der Waals surface area contributed by atoms with E-state index in [0.29, 0.717) is 0 Å². The van der Waals surface area contributed by atoms with Gasteiger partial charge in [-0.3, -0.25) is 0 Å². The maximum absolute atomic E-state index is 5.98. The van der Waals surface area contributed by atoms with Crippen LogP contribution < -0.4 is 0 Å². The molecule has 0 saturated carbocycles. The summed E-state index contributed by atoms with van der Waals surface area (Å²) in [6, 6.07) is 0. The number of hydrogen-bond donors (Lipinski definition) is 0. The smallest absolute Gasteiger partial charge is 0.0740 e. The summed E-state index contributed by atoms with van der Waals surface area (Å²) in [7, 11) is 5.07. The van der Waals surface area contributed by atoms with Crippen LogP contribution in [0.1, 0.15) is 85.5 Å². The number of hydrogen-bond acceptors (Lipinski definition) is 1. The molecule has 2 unspecified atom stereocenters. The second-order valence-corrected chi connectivity index (χ2v) is 7.01. The Morgan fingerprint density at radius 3 is 1.56 bits per heavy atom. The van der Waals surface area contributed by atoms with Crippen molar-refractivity contribution in [2.24, 2.45) is 0 Å². The maximum Gasteiger partial charge on any atom is 0.0740 e. The Hall–Kier alpha value is 0.390. The minimum atomic E-state index is 0.0119. The first-order valence-corrected chi connectivity index (χ1v) is 8.41. The third kappa shape index (κ3) is 5.17. The van der Waals surface area contributed by atoms with Gasteiger partial charge in [-0.05, 0) is 26.2 Å². The fraction of sp³-hybridized carbons (Fsp3) is 1.00. The minimum Gasteiger partial charge on any atom is -0.378 e. The van der Waals surface area contributed by atoms with E-state index in [4.69, 9.17) is 4.74 Å². The van der Waals surface area contributed by atoms with Crippen LogP contribution in [-0.4, -0.2) is 17.9 Å². The Labute approximate surface area is 118 Å². The average molecular weight is 274 g/mol.